The number of hydrogen-bond acceptors (Lipinski definition) is 3. The highest BCUT2D eigenvalue weighted by Gasteiger charge is 2.35. The van der Waals surface area contributed by atoms with Gasteiger partial charge in [-0.15, -0.1) is 0 Å². The van der Waals surface area contributed by atoms with Crippen LogP contribution >= 0.6 is 0 Å². The lowest BCUT2D eigenvalue weighted by molar-refractivity contribution is 0.0560. The van der Waals surface area contributed by atoms with Crippen LogP contribution in [-0.2, 0) is 0 Å². The van der Waals surface area contributed by atoms with Gasteiger partial charge in [0.25, 0.3) is 5.91 Å². The van der Waals surface area contributed by atoms with Crippen LogP contribution < -0.4 is 5.32 Å². The second kappa shape index (κ2) is 6.06. The molecule has 0 bridgehead atoms. The van der Waals surface area contributed by atoms with Crippen LogP contribution in [0.3, 0.4) is 0 Å². The molecular weight excluding hydrogens is 264 g/mol. The van der Waals surface area contributed by atoms with Crippen molar-refractivity contribution in [1.29, 1.82) is 0 Å². The lowest BCUT2D eigenvalue weighted by Gasteiger charge is -2.39. The Morgan fingerprint density at radius 2 is 2.14 bits per heavy atom. The number of aryl methyl sites for hydroxylation is 1. The Balaban J connectivity index is 1.85. The second-order valence-corrected chi connectivity index (χ2v) is 6.24. The highest BCUT2D eigenvalue weighted by atomic mass is 16.3. The van der Waals surface area contributed by atoms with Crippen LogP contribution in [0.1, 0.15) is 48.0 Å². The highest BCUT2D eigenvalue weighted by molar-refractivity contribution is 5.97. The lowest BCUT2D eigenvalue weighted by Crippen LogP contribution is -2.52. The third-order valence-corrected chi connectivity index (χ3v) is 4.84. The normalized spacial score (nSPS) is 26.0. The van der Waals surface area contributed by atoms with E-state index in [2.05, 4.69) is 5.32 Å². The van der Waals surface area contributed by atoms with Gasteiger partial charge in [-0.25, -0.2) is 0 Å². The predicted octanol–water partition coefficient (Wildman–Crippen LogP) is 2.45. The Labute approximate surface area is 126 Å². The van der Waals surface area contributed by atoms with Crippen molar-refractivity contribution >= 4 is 5.91 Å². The summed E-state index contributed by atoms with van der Waals surface area (Å²) in [7, 11) is 0. The van der Waals surface area contributed by atoms with Gasteiger partial charge in [-0.1, -0.05) is 12.1 Å². The summed E-state index contributed by atoms with van der Waals surface area (Å²) in [5, 5.41) is 13.7. The van der Waals surface area contributed by atoms with E-state index in [0.29, 0.717) is 11.6 Å². The van der Waals surface area contributed by atoms with Crippen molar-refractivity contribution in [3.8, 4) is 5.75 Å². The Morgan fingerprint density at radius 1 is 1.29 bits per heavy atom. The second-order valence-electron chi connectivity index (χ2n) is 6.24. The van der Waals surface area contributed by atoms with E-state index in [1.54, 1.807) is 6.07 Å². The number of benzene rings is 1. The molecule has 2 saturated heterocycles. The first-order valence-corrected chi connectivity index (χ1v) is 8.01. The van der Waals surface area contributed by atoms with Gasteiger partial charge >= 0.3 is 0 Å². The van der Waals surface area contributed by atoms with Crippen LogP contribution in [0.4, 0.5) is 0 Å². The SMILES string of the molecule is Cc1cccc(C(=O)N2CCCCC2C2CCCN2)c1O. The van der Waals surface area contributed by atoms with Crippen LogP contribution in [0, 0.1) is 6.92 Å². The number of carbonyl (C=O) groups is 1. The molecule has 2 N–H and O–H groups in total. The van der Waals surface area contributed by atoms with Crippen molar-refractivity contribution in [3.63, 3.8) is 0 Å². The highest BCUT2D eigenvalue weighted by Crippen LogP contribution is 2.29. The number of hydrogen-bond donors (Lipinski definition) is 2. The molecule has 4 nitrogen and oxygen atoms in total. The van der Waals surface area contributed by atoms with Gasteiger partial charge in [0.1, 0.15) is 5.75 Å². The van der Waals surface area contributed by atoms with Crippen molar-refractivity contribution in [2.24, 2.45) is 0 Å². The summed E-state index contributed by atoms with van der Waals surface area (Å²) in [6, 6.07) is 6.10. The molecule has 1 aromatic rings. The van der Waals surface area contributed by atoms with E-state index in [0.717, 1.165) is 37.9 Å². The zero-order valence-electron chi connectivity index (χ0n) is 12.6. The molecule has 114 valence electrons. The van der Waals surface area contributed by atoms with E-state index in [9.17, 15) is 9.90 Å². The molecule has 4 heteroatoms. The minimum Gasteiger partial charge on any atom is -0.507 e. The summed E-state index contributed by atoms with van der Waals surface area (Å²) in [5.74, 6) is 0.112. The first-order chi connectivity index (χ1) is 10.2. The number of rotatable bonds is 2. The smallest absolute Gasteiger partial charge is 0.257 e. The summed E-state index contributed by atoms with van der Waals surface area (Å²) in [6.45, 7) is 3.69. The standard InChI is InChI=1S/C17H24N2O2/c1-12-6-4-7-13(16(12)20)17(21)19-11-3-2-9-15(19)14-8-5-10-18-14/h4,6-7,14-15,18,20H,2-3,5,8-11H2,1H3. The third kappa shape index (κ3) is 2.77. The van der Waals surface area contributed by atoms with Crippen LogP contribution in [0.25, 0.3) is 0 Å². The first-order valence-electron chi connectivity index (χ1n) is 8.01. The van der Waals surface area contributed by atoms with Crippen LogP contribution in [-0.4, -0.2) is 41.1 Å². The van der Waals surface area contributed by atoms with Gasteiger partial charge in [0.2, 0.25) is 0 Å². The fourth-order valence-corrected chi connectivity index (χ4v) is 3.65. The zero-order chi connectivity index (χ0) is 14.8. The Kier molecular flexibility index (Phi) is 4.15. The number of likely N-dealkylation sites (tertiary alicyclic amines) is 1. The number of nitrogens with one attached hydrogen (secondary N) is 1. The molecule has 2 aliphatic rings. The fraction of sp³-hybridized carbons (Fsp3) is 0.588. The lowest BCUT2D eigenvalue weighted by atomic mass is 9.93. The third-order valence-electron chi connectivity index (χ3n) is 4.84. The van der Waals surface area contributed by atoms with Crippen molar-refractivity contribution in [2.75, 3.05) is 13.1 Å². The quantitative estimate of drug-likeness (QED) is 0.879. The number of aromatic hydroxyl groups is 1. The molecule has 2 unspecified atom stereocenters. The number of carbonyl (C=O) groups excluding carboxylic acids is 1. The van der Waals surface area contributed by atoms with Crippen LogP contribution in [0.2, 0.25) is 0 Å². The van der Waals surface area contributed by atoms with Gasteiger partial charge in [-0.3, -0.25) is 4.79 Å². The summed E-state index contributed by atoms with van der Waals surface area (Å²) in [6.07, 6.45) is 5.65. The molecular formula is C17H24N2O2. The molecule has 2 atom stereocenters. The first kappa shape index (κ1) is 14.4. The molecule has 0 saturated carbocycles. The van der Waals surface area contributed by atoms with Gasteiger partial charge in [0.15, 0.2) is 0 Å². The maximum absolute atomic E-state index is 12.9. The summed E-state index contributed by atoms with van der Waals surface area (Å²) < 4.78 is 0. The number of para-hydroxylation sites is 1. The molecule has 1 aromatic carbocycles. The van der Waals surface area contributed by atoms with E-state index in [1.807, 2.05) is 24.0 Å². The van der Waals surface area contributed by atoms with E-state index < -0.39 is 0 Å². The molecule has 1 amide bonds. The predicted molar refractivity (Wildman–Crippen MR) is 82.5 cm³/mol. The van der Waals surface area contributed by atoms with Gasteiger partial charge in [-0.05, 0) is 57.2 Å². The van der Waals surface area contributed by atoms with Gasteiger partial charge < -0.3 is 15.3 Å². The van der Waals surface area contributed by atoms with E-state index in [-0.39, 0.29) is 17.7 Å². The minimum absolute atomic E-state index is 0.0189. The number of phenolic OH excluding ortho intramolecular Hbond substituents is 1. The molecule has 3 rings (SSSR count). The number of piperidine rings is 1. The monoisotopic (exact) mass is 288 g/mol. The van der Waals surface area contributed by atoms with Crippen molar-refractivity contribution in [2.45, 2.75) is 51.1 Å². The Bertz CT molecular complexity index is 524. The maximum atomic E-state index is 12.9. The molecule has 2 aliphatic heterocycles. The summed E-state index contributed by atoms with van der Waals surface area (Å²) >= 11 is 0. The van der Waals surface area contributed by atoms with Crippen molar-refractivity contribution in [1.82, 2.24) is 10.2 Å². The average molecular weight is 288 g/mol. The Hall–Kier alpha value is -1.55. The average Bonchev–Trinajstić information content (AvgIpc) is 3.03. The molecule has 0 aromatic heterocycles. The zero-order valence-corrected chi connectivity index (χ0v) is 12.6. The van der Waals surface area contributed by atoms with Gasteiger partial charge in [0.05, 0.1) is 5.56 Å². The molecule has 2 heterocycles. The summed E-state index contributed by atoms with van der Waals surface area (Å²) in [5.41, 5.74) is 1.20. The Morgan fingerprint density at radius 3 is 2.90 bits per heavy atom. The van der Waals surface area contributed by atoms with Crippen LogP contribution in [0.5, 0.6) is 5.75 Å². The molecule has 0 spiro atoms. The van der Waals surface area contributed by atoms with E-state index in [1.165, 1.54) is 12.8 Å². The summed E-state index contributed by atoms with van der Waals surface area (Å²) in [4.78, 5) is 14.9. The minimum atomic E-state index is -0.0189. The van der Waals surface area contributed by atoms with Gasteiger partial charge in [-0.2, -0.15) is 0 Å². The molecule has 2 fully saturated rings. The number of amides is 1. The van der Waals surface area contributed by atoms with Crippen molar-refractivity contribution in [3.05, 3.63) is 29.3 Å². The van der Waals surface area contributed by atoms with Gasteiger partial charge in [0, 0.05) is 18.6 Å². The topological polar surface area (TPSA) is 52.6 Å². The maximum Gasteiger partial charge on any atom is 0.257 e. The molecule has 0 aliphatic carbocycles. The van der Waals surface area contributed by atoms with E-state index in [4.69, 9.17) is 0 Å². The molecule has 0 radical (unpaired) electrons. The largest absolute Gasteiger partial charge is 0.507 e. The fourth-order valence-electron chi connectivity index (χ4n) is 3.65. The van der Waals surface area contributed by atoms with E-state index >= 15 is 0 Å². The molecule has 21 heavy (non-hydrogen) atoms. The van der Waals surface area contributed by atoms with Crippen LogP contribution in [0.15, 0.2) is 18.2 Å². The number of nitrogens with zero attached hydrogens (tertiary/aromatic N) is 1. The number of phenols is 1. The van der Waals surface area contributed by atoms with Crippen molar-refractivity contribution < 1.29 is 9.90 Å².